The molecule has 1 aliphatic rings. The summed E-state index contributed by atoms with van der Waals surface area (Å²) < 4.78 is 0. The molecule has 3 rings (SSSR count). The third kappa shape index (κ3) is 2.71. The van der Waals surface area contributed by atoms with Gasteiger partial charge in [0.25, 0.3) is 0 Å². The normalized spacial score (nSPS) is 15.5. The Morgan fingerprint density at radius 2 is 2.21 bits per heavy atom. The van der Waals surface area contributed by atoms with Gasteiger partial charge in [-0.05, 0) is 31.9 Å². The van der Waals surface area contributed by atoms with E-state index in [1.165, 1.54) is 0 Å². The van der Waals surface area contributed by atoms with Gasteiger partial charge >= 0.3 is 0 Å². The molecule has 0 amide bonds. The second-order valence-corrected chi connectivity index (χ2v) is 4.58. The molecule has 1 aliphatic heterocycles. The Bertz CT molecular complexity index is 553. The lowest BCUT2D eigenvalue weighted by Gasteiger charge is -2.27. The predicted molar refractivity (Wildman–Crippen MR) is 72.5 cm³/mol. The highest BCUT2D eigenvalue weighted by Crippen LogP contribution is 2.21. The molecule has 0 unspecified atom stereocenters. The first-order valence-corrected chi connectivity index (χ1v) is 6.49. The van der Waals surface area contributed by atoms with Gasteiger partial charge in [0.1, 0.15) is 0 Å². The number of aromatic nitrogens is 3. The Hall–Kier alpha value is -2.01. The lowest BCUT2D eigenvalue weighted by Crippen LogP contribution is -2.30. The van der Waals surface area contributed by atoms with Gasteiger partial charge in [-0.3, -0.25) is 9.82 Å². The Morgan fingerprint density at radius 3 is 2.95 bits per heavy atom. The summed E-state index contributed by atoms with van der Waals surface area (Å²) in [6, 6.07) is 5.80. The van der Waals surface area contributed by atoms with Crippen LogP contribution in [-0.4, -0.2) is 28.1 Å². The minimum absolute atomic E-state index is 0.692. The van der Waals surface area contributed by atoms with Gasteiger partial charge in [0, 0.05) is 36.3 Å². The molecule has 2 aromatic heterocycles. The van der Waals surface area contributed by atoms with Crippen LogP contribution in [0.4, 0.5) is 5.82 Å². The Labute approximate surface area is 112 Å². The number of anilines is 1. The highest BCUT2D eigenvalue weighted by Gasteiger charge is 2.15. The minimum atomic E-state index is 0.692. The molecule has 5 heteroatoms. The van der Waals surface area contributed by atoms with Crippen molar-refractivity contribution in [2.75, 3.05) is 18.2 Å². The lowest BCUT2D eigenvalue weighted by atomic mass is 10.2. The summed E-state index contributed by atoms with van der Waals surface area (Å²) in [5.74, 6) is 1.52. The van der Waals surface area contributed by atoms with Crippen LogP contribution in [-0.2, 0) is 4.84 Å². The quantitative estimate of drug-likeness (QED) is 0.825. The maximum Gasteiger partial charge on any atom is 0.163 e. The molecule has 0 aliphatic carbocycles. The standard InChI is InChI=1S/C14H16N4O/c1-11-9-13(18-7-2-3-8-19-18)17-14(16-11)12-5-4-6-15-10-12/h4-6,9-10H,2-3,7-8H2,1H3. The maximum absolute atomic E-state index is 5.64. The molecule has 2 aromatic rings. The van der Waals surface area contributed by atoms with Crippen LogP contribution in [0.25, 0.3) is 11.4 Å². The molecular formula is C14H16N4O. The van der Waals surface area contributed by atoms with Gasteiger partial charge in [0.05, 0.1) is 6.61 Å². The fourth-order valence-electron chi connectivity index (χ4n) is 2.08. The van der Waals surface area contributed by atoms with Crippen LogP contribution in [0.1, 0.15) is 18.5 Å². The van der Waals surface area contributed by atoms with E-state index in [-0.39, 0.29) is 0 Å². The van der Waals surface area contributed by atoms with Gasteiger partial charge in [0.15, 0.2) is 11.6 Å². The molecule has 1 fully saturated rings. The Balaban J connectivity index is 1.96. The summed E-state index contributed by atoms with van der Waals surface area (Å²) in [5.41, 5.74) is 1.85. The zero-order chi connectivity index (χ0) is 13.1. The highest BCUT2D eigenvalue weighted by atomic mass is 16.7. The van der Waals surface area contributed by atoms with Crippen molar-refractivity contribution < 1.29 is 4.84 Å². The minimum Gasteiger partial charge on any atom is -0.272 e. The molecule has 0 spiro atoms. The third-order valence-corrected chi connectivity index (χ3v) is 3.02. The molecule has 3 heterocycles. The Morgan fingerprint density at radius 1 is 1.26 bits per heavy atom. The van der Waals surface area contributed by atoms with E-state index in [9.17, 15) is 0 Å². The van der Waals surface area contributed by atoms with E-state index in [1.807, 2.05) is 30.2 Å². The van der Waals surface area contributed by atoms with E-state index in [0.29, 0.717) is 5.82 Å². The SMILES string of the molecule is Cc1cc(N2CCCCO2)nc(-c2cccnc2)n1. The average molecular weight is 256 g/mol. The fourth-order valence-corrected chi connectivity index (χ4v) is 2.08. The lowest BCUT2D eigenvalue weighted by molar-refractivity contribution is 0.0761. The van der Waals surface area contributed by atoms with Crippen molar-refractivity contribution in [3.63, 3.8) is 0 Å². The van der Waals surface area contributed by atoms with Crippen LogP contribution in [0.5, 0.6) is 0 Å². The zero-order valence-corrected chi connectivity index (χ0v) is 10.9. The van der Waals surface area contributed by atoms with Crippen LogP contribution in [0.3, 0.4) is 0 Å². The summed E-state index contributed by atoms with van der Waals surface area (Å²) in [4.78, 5) is 18.8. The number of aryl methyl sites for hydroxylation is 1. The largest absolute Gasteiger partial charge is 0.272 e. The van der Waals surface area contributed by atoms with Crippen LogP contribution >= 0.6 is 0 Å². The van der Waals surface area contributed by atoms with Crippen LogP contribution in [0, 0.1) is 6.92 Å². The van der Waals surface area contributed by atoms with E-state index in [0.717, 1.165) is 43.1 Å². The van der Waals surface area contributed by atoms with E-state index in [1.54, 1.807) is 12.4 Å². The molecule has 0 aromatic carbocycles. The maximum atomic E-state index is 5.64. The first-order chi connectivity index (χ1) is 9.33. The van der Waals surface area contributed by atoms with Crippen molar-refractivity contribution in [3.8, 4) is 11.4 Å². The van der Waals surface area contributed by atoms with Crippen LogP contribution in [0.15, 0.2) is 30.6 Å². The average Bonchev–Trinajstić information content (AvgIpc) is 2.48. The van der Waals surface area contributed by atoms with E-state index in [4.69, 9.17) is 4.84 Å². The van der Waals surface area contributed by atoms with Gasteiger partial charge in [-0.1, -0.05) is 0 Å². The fraction of sp³-hybridized carbons (Fsp3) is 0.357. The molecule has 0 saturated carbocycles. The second-order valence-electron chi connectivity index (χ2n) is 4.58. The first kappa shape index (κ1) is 12.0. The van der Waals surface area contributed by atoms with Gasteiger partial charge in [-0.15, -0.1) is 0 Å². The number of hydroxylamine groups is 1. The number of hydrogen-bond donors (Lipinski definition) is 0. The monoisotopic (exact) mass is 256 g/mol. The van der Waals surface area contributed by atoms with Crippen molar-refractivity contribution in [1.82, 2.24) is 15.0 Å². The molecule has 0 bridgehead atoms. The second kappa shape index (κ2) is 5.32. The number of nitrogens with zero attached hydrogens (tertiary/aromatic N) is 4. The summed E-state index contributed by atoms with van der Waals surface area (Å²) in [6.07, 6.45) is 5.75. The molecule has 1 saturated heterocycles. The number of hydrogen-bond acceptors (Lipinski definition) is 5. The van der Waals surface area contributed by atoms with Crippen molar-refractivity contribution in [3.05, 3.63) is 36.3 Å². The first-order valence-electron chi connectivity index (χ1n) is 6.49. The molecule has 0 radical (unpaired) electrons. The van der Waals surface area contributed by atoms with Crippen molar-refractivity contribution in [1.29, 1.82) is 0 Å². The van der Waals surface area contributed by atoms with Crippen molar-refractivity contribution in [2.24, 2.45) is 0 Å². The van der Waals surface area contributed by atoms with E-state index >= 15 is 0 Å². The molecule has 19 heavy (non-hydrogen) atoms. The Kier molecular flexibility index (Phi) is 3.37. The van der Waals surface area contributed by atoms with Gasteiger partial charge < -0.3 is 0 Å². The van der Waals surface area contributed by atoms with Gasteiger partial charge in [0.2, 0.25) is 0 Å². The third-order valence-electron chi connectivity index (χ3n) is 3.02. The van der Waals surface area contributed by atoms with Crippen LogP contribution in [0.2, 0.25) is 0 Å². The number of rotatable bonds is 2. The molecule has 0 atom stereocenters. The zero-order valence-electron chi connectivity index (χ0n) is 10.9. The topological polar surface area (TPSA) is 51.1 Å². The predicted octanol–water partition coefficient (Wildman–Crippen LogP) is 2.38. The molecular weight excluding hydrogens is 240 g/mol. The molecule has 98 valence electrons. The molecule has 5 nitrogen and oxygen atoms in total. The van der Waals surface area contributed by atoms with E-state index < -0.39 is 0 Å². The molecule has 0 N–H and O–H groups in total. The van der Waals surface area contributed by atoms with Gasteiger partial charge in [-0.2, -0.15) is 0 Å². The summed E-state index contributed by atoms with van der Waals surface area (Å²) >= 11 is 0. The smallest absolute Gasteiger partial charge is 0.163 e. The summed E-state index contributed by atoms with van der Waals surface area (Å²) in [7, 11) is 0. The summed E-state index contributed by atoms with van der Waals surface area (Å²) in [6.45, 7) is 3.60. The van der Waals surface area contributed by atoms with Crippen molar-refractivity contribution in [2.45, 2.75) is 19.8 Å². The van der Waals surface area contributed by atoms with E-state index in [2.05, 4.69) is 15.0 Å². The van der Waals surface area contributed by atoms with Crippen molar-refractivity contribution >= 4 is 5.82 Å². The van der Waals surface area contributed by atoms with Crippen LogP contribution < -0.4 is 5.06 Å². The number of pyridine rings is 1. The summed E-state index contributed by atoms with van der Waals surface area (Å²) in [5, 5.41) is 1.86. The highest BCUT2D eigenvalue weighted by molar-refractivity contribution is 5.56. The van der Waals surface area contributed by atoms with Gasteiger partial charge in [-0.25, -0.2) is 15.0 Å².